The topological polar surface area (TPSA) is 188 Å². The number of benzene rings is 2. The number of rotatable bonds is 3. The van der Waals surface area contributed by atoms with E-state index in [1.165, 1.54) is 24.3 Å². The third-order valence-electron chi connectivity index (χ3n) is 5.33. The van der Waals surface area contributed by atoms with Crippen molar-refractivity contribution >= 4 is 63.2 Å². The van der Waals surface area contributed by atoms with E-state index in [9.17, 15) is 38.9 Å². The van der Waals surface area contributed by atoms with Gasteiger partial charge in [0.15, 0.2) is 0 Å². The van der Waals surface area contributed by atoms with Crippen molar-refractivity contribution in [3.05, 3.63) is 74.8 Å². The lowest BCUT2D eigenvalue weighted by molar-refractivity contribution is -0.384. The number of hydrogen-bond acceptors (Lipinski definition) is 12. The molecular weight excluding hydrogens is 554 g/mol. The Morgan fingerprint density at radius 1 is 0.795 bits per heavy atom. The van der Waals surface area contributed by atoms with Crippen LogP contribution in [0.4, 0.5) is 5.69 Å². The van der Waals surface area contributed by atoms with Crippen LogP contribution in [-0.4, -0.2) is 76.7 Å². The Kier molecular flexibility index (Phi) is 9.78. The van der Waals surface area contributed by atoms with Crippen LogP contribution in [-0.2, 0) is 19.1 Å². The van der Waals surface area contributed by atoms with Crippen molar-refractivity contribution < 1.29 is 43.2 Å². The van der Waals surface area contributed by atoms with E-state index in [-0.39, 0.29) is 33.8 Å². The average molecular weight is 576 g/mol. The number of nitrogens with zero attached hydrogens (tertiary/aromatic N) is 1. The maximum atomic E-state index is 13.0. The molecule has 0 saturated heterocycles. The van der Waals surface area contributed by atoms with E-state index in [0.29, 0.717) is 23.5 Å². The molecular formula is C24H21N3O10S2. The van der Waals surface area contributed by atoms with Gasteiger partial charge in [-0.1, -0.05) is 41.7 Å². The van der Waals surface area contributed by atoms with Crippen molar-refractivity contribution in [3.8, 4) is 0 Å². The average Bonchev–Trinajstić information content (AvgIpc) is 2.95. The normalized spacial score (nSPS) is 18.6. The fraction of sp³-hybridized carbons (Fsp3) is 0.250. The molecule has 4 bridgehead atoms. The number of thioether (sulfide) groups is 2. The summed E-state index contributed by atoms with van der Waals surface area (Å²) in [5.41, 5.74) is -1.01. The number of nitro groups is 1. The van der Waals surface area contributed by atoms with Crippen LogP contribution >= 0.6 is 23.5 Å². The molecule has 0 aromatic heterocycles. The van der Waals surface area contributed by atoms with Gasteiger partial charge in [-0.05, 0) is 12.1 Å². The number of carbonyl (C=O) groups is 6. The van der Waals surface area contributed by atoms with Crippen molar-refractivity contribution in [2.24, 2.45) is 0 Å². The van der Waals surface area contributed by atoms with Gasteiger partial charge < -0.3 is 20.1 Å². The van der Waals surface area contributed by atoms with Crippen LogP contribution in [0.1, 0.15) is 41.4 Å². The summed E-state index contributed by atoms with van der Waals surface area (Å²) in [6, 6.07) is 5.90. The fourth-order valence-corrected chi connectivity index (χ4v) is 5.00. The molecule has 1 aliphatic heterocycles. The number of carbonyl (C=O) groups excluding carboxylic acids is 6. The molecule has 2 N–H and O–H groups in total. The number of amides is 2. The van der Waals surface area contributed by atoms with E-state index in [4.69, 9.17) is 9.47 Å². The highest BCUT2D eigenvalue weighted by Gasteiger charge is 2.28. The molecule has 1 unspecified atom stereocenters. The molecule has 2 amide bonds. The summed E-state index contributed by atoms with van der Waals surface area (Å²) < 4.78 is 9.41. The van der Waals surface area contributed by atoms with Gasteiger partial charge in [0.1, 0.15) is 12.1 Å². The zero-order chi connectivity index (χ0) is 28.7. The van der Waals surface area contributed by atoms with Crippen LogP contribution in [0, 0.1) is 10.1 Å². The minimum Gasteiger partial charge on any atom is -0.467 e. The molecule has 13 nitrogen and oxygen atoms in total. The molecule has 0 aliphatic carbocycles. The molecule has 1 aliphatic rings. The zero-order valence-electron chi connectivity index (χ0n) is 20.5. The Morgan fingerprint density at radius 2 is 1.21 bits per heavy atom. The number of methoxy groups -OCH3 is 2. The van der Waals surface area contributed by atoms with E-state index >= 15 is 0 Å². The molecule has 0 radical (unpaired) electrons. The lowest BCUT2D eigenvalue weighted by Crippen LogP contribution is -2.44. The number of nitrogens with one attached hydrogen (secondary N) is 2. The van der Waals surface area contributed by atoms with E-state index in [2.05, 4.69) is 10.6 Å². The number of esters is 2. The number of non-ortho nitro benzene ring substituents is 1. The lowest BCUT2D eigenvalue weighted by Gasteiger charge is -2.18. The first-order valence-corrected chi connectivity index (χ1v) is 13.0. The van der Waals surface area contributed by atoms with Crippen LogP contribution in [0.15, 0.2) is 42.5 Å². The summed E-state index contributed by atoms with van der Waals surface area (Å²) in [7, 11) is 2.15. The molecule has 2 atom stereocenters. The maximum absolute atomic E-state index is 13.0. The molecule has 1 heterocycles. The molecule has 204 valence electrons. The third kappa shape index (κ3) is 7.42. The Bertz CT molecular complexity index is 1280. The molecule has 2 aromatic carbocycles. The van der Waals surface area contributed by atoms with Crippen molar-refractivity contribution in [3.63, 3.8) is 0 Å². The largest absolute Gasteiger partial charge is 0.467 e. The van der Waals surface area contributed by atoms with Gasteiger partial charge in [-0.3, -0.25) is 29.3 Å². The highest BCUT2D eigenvalue weighted by molar-refractivity contribution is 8.14. The monoisotopic (exact) mass is 575 g/mol. The quantitative estimate of drug-likeness (QED) is 0.306. The molecule has 3 rings (SSSR count). The second kappa shape index (κ2) is 13.0. The molecule has 2 aromatic rings. The van der Waals surface area contributed by atoms with Crippen LogP contribution in [0.25, 0.3) is 0 Å². The third-order valence-corrected chi connectivity index (χ3v) is 7.33. The highest BCUT2D eigenvalue weighted by atomic mass is 32.2. The minimum absolute atomic E-state index is 0.142. The van der Waals surface area contributed by atoms with E-state index in [1.54, 1.807) is 0 Å². The second-order valence-electron chi connectivity index (χ2n) is 7.90. The predicted octanol–water partition coefficient (Wildman–Crippen LogP) is 1.60. The van der Waals surface area contributed by atoms with Gasteiger partial charge in [0.2, 0.25) is 10.2 Å². The van der Waals surface area contributed by atoms with Crippen molar-refractivity contribution in [1.82, 2.24) is 10.6 Å². The molecule has 0 fully saturated rings. The van der Waals surface area contributed by atoms with Gasteiger partial charge in [-0.2, -0.15) is 0 Å². The number of hydrogen-bond donors (Lipinski definition) is 2. The van der Waals surface area contributed by atoms with Crippen LogP contribution in [0.5, 0.6) is 0 Å². The van der Waals surface area contributed by atoms with E-state index in [0.717, 1.165) is 32.4 Å². The predicted molar refractivity (Wildman–Crippen MR) is 140 cm³/mol. The molecule has 0 saturated carbocycles. The first-order valence-electron chi connectivity index (χ1n) is 11.0. The van der Waals surface area contributed by atoms with E-state index in [1.807, 2.05) is 0 Å². The van der Waals surface area contributed by atoms with Gasteiger partial charge in [-0.25, -0.2) is 9.59 Å². The fourth-order valence-electron chi connectivity index (χ4n) is 3.34. The van der Waals surface area contributed by atoms with Crippen LogP contribution in [0.2, 0.25) is 0 Å². The van der Waals surface area contributed by atoms with Crippen molar-refractivity contribution in [2.75, 3.05) is 25.7 Å². The first kappa shape index (κ1) is 29.3. The molecule has 0 spiro atoms. The zero-order valence-corrected chi connectivity index (χ0v) is 22.1. The Hall–Kier alpha value is -4.24. The Balaban J connectivity index is 2.08. The Morgan fingerprint density at radius 3 is 1.59 bits per heavy atom. The van der Waals surface area contributed by atoms with Gasteiger partial charge >= 0.3 is 11.9 Å². The second-order valence-corrected chi connectivity index (χ2v) is 9.89. The van der Waals surface area contributed by atoms with E-state index < -0.39 is 56.7 Å². The SMILES string of the molecule is COC(=O)C1CSC(=O)c2cccc(c2)C(=O)SC[C@H](C(=O)OC)NC(=O)c2cc(cc([N+](=O)[O-])c2)C(=O)N1. The highest BCUT2D eigenvalue weighted by Crippen LogP contribution is 2.22. The number of fused-ring (bicyclic) bond motifs is 4. The van der Waals surface area contributed by atoms with Gasteiger partial charge in [0, 0.05) is 45.9 Å². The molecule has 39 heavy (non-hydrogen) atoms. The number of ether oxygens (including phenoxy) is 2. The summed E-state index contributed by atoms with van der Waals surface area (Å²) in [4.78, 5) is 86.8. The van der Waals surface area contributed by atoms with Crippen molar-refractivity contribution in [2.45, 2.75) is 12.1 Å². The van der Waals surface area contributed by atoms with Crippen LogP contribution < -0.4 is 10.6 Å². The van der Waals surface area contributed by atoms with Crippen molar-refractivity contribution in [1.29, 1.82) is 0 Å². The Labute approximate surface area is 229 Å². The number of nitro benzene ring substituents is 1. The standard InChI is InChI=1S/C24H21N3O10S2/c1-36-21(30)17-10-38-23(32)12-4-3-5-13(6-12)24(33)39-11-18(22(31)37-2)26-20(29)15-7-14(19(28)25-17)8-16(9-15)27(34)35/h3-9,17-18H,10-11H2,1-2H3,(H,25,28)(H,26,29)/t17-,18?/m1/s1. The lowest BCUT2D eigenvalue weighted by atomic mass is 10.1. The van der Waals surface area contributed by atoms with Crippen LogP contribution in [0.3, 0.4) is 0 Å². The summed E-state index contributed by atoms with van der Waals surface area (Å²) in [5.74, 6) is -4.19. The summed E-state index contributed by atoms with van der Waals surface area (Å²) in [6.07, 6.45) is 0. The van der Waals surface area contributed by atoms with Gasteiger partial charge in [-0.15, -0.1) is 0 Å². The first-order chi connectivity index (χ1) is 18.5. The van der Waals surface area contributed by atoms with Gasteiger partial charge in [0.05, 0.1) is 19.1 Å². The summed E-state index contributed by atoms with van der Waals surface area (Å²) >= 11 is 1.36. The van der Waals surface area contributed by atoms with Gasteiger partial charge in [0.25, 0.3) is 17.5 Å². The maximum Gasteiger partial charge on any atom is 0.329 e. The minimum atomic E-state index is -1.34. The molecule has 15 heteroatoms. The summed E-state index contributed by atoms with van der Waals surface area (Å²) in [5, 5.41) is 15.2. The summed E-state index contributed by atoms with van der Waals surface area (Å²) in [6.45, 7) is 0. The smallest absolute Gasteiger partial charge is 0.329 e.